The molecule has 0 bridgehead atoms. The summed E-state index contributed by atoms with van der Waals surface area (Å²) in [6.45, 7) is 4.01. The van der Waals surface area contributed by atoms with Crippen LogP contribution in [0.2, 0.25) is 0 Å². The molecule has 0 amide bonds. The van der Waals surface area contributed by atoms with Crippen LogP contribution < -0.4 is 5.32 Å². The Morgan fingerprint density at radius 2 is 1.56 bits per heavy atom. The minimum absolute atomic E-state index is 0.799. The van der Waals surface area contributed by atoms with Crippen molar-refractivity contribution >= 4 is 22.8 Å². The molecule has 1 aliphatic heterocycles. The largest absolute Gasteiger partial charge is 0.353 e. The summed E-state index contributed by atoms with van der Waals surface area (Å²) in [6, 6.07) is 16.1. The number of hydrogen-bond acceptors (Lipinski definition) is 2. The van der Waals surface area contributed by atoms with E-state index < -0.39 is 0 Å². The zero-order valence-corrected chi connectivity index (χ0v) is 8.77. The molecule has 2 heteroatoms. The number of fused-ring (bicyclic) bond motifs is 2. The zero-order chi connectivity index (χ0) is 11.0. The topological polar surface area (TPSA) is 24.4 Å². The fraction of sp³-hybridized carbons (Fsp3) is 0. The molecule has 0 aliphatic carbocycles. The monoisotopic (exact) mass is 207 g/mol. The SMILES string of the molecule is [CH2]C1=Nc2ccccc2Nc2ccccc21. The smallest absolute Gasteiger partial charge is 0.0868 e. The van der Waals surface area contributed by atoms with Gasteiger partial charge < -0.3 is 5.32 Å². The van der Waals surface area contributed by atoms with Crippen LogP contribution in [0.5, 0.6) is 0 Å². The molecule has 0 unspecified atom stereocenters. The summed E-state index contributed by atoms with van der Waals surface area (Å²) in [5.41, 5.74) is 4.87. The van der Waals surface area contributed by atoms with Crippen molar-refractivity contribution in [3.63, 3.8) is 0 Å². The Bertz CT molecular complexity index is 570. The minimum atomic E-state index is 0.799. The Kier molecular flexibility index (Phi) is 2.00. The normalized spacial score (nSPS) is 12.9. The first kappa shape index (κ1) is 9.16. The lowest BCUT2D eigenvalue weighted by Crippen LogP contribution is -1.97. The third kappa shape index (κ3) is 1.39. The van der Waals surface area contributed by atoms with Gasteiger partial charge in [-0.3, -0.25) is 4.99 Å². The molecule has 2 aromatic carbocycles. The predicted molar refractivity (Wildman–Crippen MR) is 67.7 cm³/mol. The van der Waals surface area contributed by atoms with Crippen molar-refractivity contribution in [3.8, 4) is 0 Å². The fourth-order valence-corrected chi connectivity index (χ4v) is 1.87. The first-order valence-electron chi connectivity index (χ1n) is 5.21. The van der Waals surface area contributed by atoms with E-state index in [-0.39, 0.29) is 0 Å². The predicted octanol–water partition coefficient (Wildman–Crippen LogP) is 3.70. The van der Waals surface area contributed by atoms with Gasteiger partial charge >= 0.3 is 0 Å². The van der Waals surface area contributed by atoms with E-state index in [2.05, 4.69) is 17.2 Å². The van der Waals surface area contributed by atoms with Crippen LogP contribution >= 0.6 is 0 Å². The van der Waals surface area contributed by atoms with Gasteiger partial charge in [-0.05, 0) is 25.1 Å². The first-order chi connectivity index (χ1) is 7.84. The van der Waals surface area contributed by atoms with Gasteiger partial charge in [0.1, 0.15) is 0 Å². The number of benzene rings is 2. The number of para-hydroxylation sites is 3. The lowest BCUT2D eigenvalue weighted by Gasteiger charge is -2.08. The summed E-state index contributed by atoms with van der Waals surface area (Å²) >= 11 is 0. The average Bonchev–Trinajstić information content (AvgIpc) is 2.45. The number of aliphatic imine (C=N–C) groups is 1. The molecular weight excluding hydrogens is 196 g/mol. The van der Waals surface area contributed by atoms with Crippen LogP contribution in [0.15, 0.2) is 53.5 Å². The molecular formula is C14H11N2. The van der Waals surface area contributed by atoms with Crippen molar-refractivity contribution in [2.45, 2.75) is 0 Å². The maximum Gasteiger partial charge on any atom is 0.0868 e. The average molecular weight is 207 g/mol. The third-order valence-electron chi connectivity index (χ3n) is 2.67. The van der Waals surface area contributed by atoms with Gasteiger partial charge in [-0.2, -0.15) is 0 Å². The Morgan fingerprint density at radius 3 is 2.44 bits per heavy atom. The highest BCUT2D eigenvalue weighted by Crippen LogP contribution is 2.33. The van der Waals surface area contributed by atoms with Gasteiger partial charge in [-0.1, -0.05) is 30.3 Å². The van der Waals surface area contributed by atoms with E-state index in [0.717, 1.165) is 28.3 Å². The van der Waals surface area contributed by atoms with Crippen LogP contribution in [-0.2, 0) is 0 Å². The highest BCUT2D eigenvalue weighted by molar-refractivity contribution is 6.11. The fourth-order valence-electron chi connectivity index (χ4n) is 1.87. The summed E-state index contributed by atoms with van der Waals surface area (Å²) in [5, 5.41) is 3.38. The first-order valence-corrected chi connectivity index (χ1v) is 5.21. The molecule has 77 valence electrons. The maximum absolute atomic E-state index is 4.52. The van der Waals surface area contributed by atoms with E-state index in [0.29, 0.717) is 0 Å². The highest BCUT2D eigenvalue weighted by atomic mass is 14.9. The second-order valence-electron chi connectivity index (χ2n) is 3.75. The minimum Gasteiger partial charge on any atom is -0.353 e. The third-order valence-corrected chi connectivity index (χ3v) is 2.67. The summed E-state index contributed by atoms with van der Waals surface area (Å²) < 4.78 is 0. The molecule has 3 rings (SSSR count). The van der Waals surface area contributed by atoms with E-state index in [4.69, 9.17) is 0 Å². The molecule has 0 atom stereocenters. The molecule has 0 saturated heterocycles. The molecule has 1 aliphatic rings. The summed E-state index contributed by atoms with van der Waals surface area (Å²) in [4.78, 5) is 4.52. The van der Waals surface area contributed by atoms with Crippen molar-refractivity contribution in [1.82, 2.24) is 0 Å². The number of nitrogens with zero attached hydrogens (tertiary/aromatic N) is 1. The highest BCUT2D eigenvalue weighted by Gasteiger charge is 2.11. The zero-order valence-electron chi connectivity index (χ0n) is 8.77. The number of hydrogen-bond donors (Lipinski definition) is 1. The second-order valence-corrected chi connectivity index (χ2v) is 3.75. The van der Waals surface area contributed by atoms with Crippen molar-refractivity contribution in [1.29, 1.82) is 0 Å². The van der Waals surface area contributed by atoms with E-state index in [1.165, 1.54) is 0 Å². The van der Waals surface area contributed by atoms with Gasteiger partial charge in [0, 0.05) is 11.3 Å². The molecule has 0 spiro atoms. The van der Waals surface area contributed by atoms with Crippen molar-refractivity contribution in [2.75, 3.05) is 5.32 Å². The van der Waals surface area contributed by atoms with Crippen LogP contribution in [0.25, 0.3) is 0 Å². The van der Waals surface area contributed by atoms with Gasteiger partial charge in [0.25, 0.3) is 0 Å². The van der Waals surface area contributed by atoms with Gasteiger partial charge in [0.2, 0.25) is 0 Å². The molecule has 0 saturated carbocycles. The van der Waals surface area contributed by atoms with Crippen LogP contribution in [-0.4, -0.2) is 5.71 Å². The molecule has 1 radical (unpaired) electrons. The quantitative estimate of drug-likeness (QED) is 0.699. The van der Waals surface area contributed by atoms with Crippen molar-refractivity contribution < 1.29 is 0 Å². The molecule has 16 heavy (non-hydrogen) atoms. The molecule has 2 aromatic rings. The van der Waals surface area contributed by atoms with E-state index in [9.17, 15) is 0 Å². The van der Waals surface area contributed by atoms with Crippen molar-refractivity contribution in [3.05, 3.63) is 61.0 Å². The van der Waals surface area contributed by atoms with E-state index in [1.54, 1.807) is 0 Å². The lowest BCUT2D eigenvalue weighted by atomic mass is 10.1. The molecule has 0 aromatic heterocycles. The molecule has 0 fully saturated rings. The Balaban J connectivity index is 2.25. The standard InChI is InChI=1S/C14H11N2/c1-10-11-6-2-3-7-12(11)16-14-9-5-4-8-13(14)15-10/h2-9,16H,1H2. The Labute approximate surface area is 94.7 Å². The summed E-state index contributed by atoms with van der Waals surface area (Å²) in [5.74, 6) is 0. The van der Waals surface area contributed by atoms with Gasteiger partial charge in [-0.25, -0.2) is 0 Å². The lowest BCUT2D eigenvalue weighted by molar-refractivity contribution is 1.51. The Hall–Kier alpha value is -2.09. The van der Waals surface area contributed by atoms with Gasteiger partial charge in [0.05, 0.1) is 17.1 Å². The summed E-state index contributed by atoms with van der Waals surface area (Å²) in [6.07, 6.45) is 0. The van der Waals surface area contributed by atoms with E-state index >= 15 is 0 Å². The summed E-state index contributed by atoms with van der Waals surface area (Å²) in [7, 11) is 0. The van der Waals surface area contributed by atoms with Crippen LogP contribution in [0.4, 0.5) is 17.1 Å². The molecule has 1 N–H and O–H groups in total. The van der Waals surface area contributed by atoms with Crippen molar-refractivity contribution in [2.24, 2.45) is 4.99 Å². The van der Waals surface area contributed by atoms with Crippen LogP contribution in [0, 0.1) is 6.92 Å². The van der Waals surface area contributed by atoms with Crippen LogP contribution in [0.3, 0.4) is 0 Å². The molecule has 1 heterocycles. The number of nitrogens with one attached hydrogen (secondary N) is 1. The number of rotatable bonds is 0. The Morgan fingerprint density at radius 1 is 0.875 bits per heavy atom. The van der Waals surface area contributed by atoms with Gasteiger partial charge in [-0.15, -0.1) is 0 Å². The molecule has 2 nitrogen and oxygen atoms in total. The van der Waals surface area contributed by atoms with E-state index in [1.807, 2.05) is 48.5 Å². The maximum atomic E-state index is 4.52. The van der Waals surface area contributed by atoms with Gasteiger partial charge in [0.15, 0.2) is 0 Å². The second kappa shape index (κ2) is 3.49. The number of anilines is 2. The van der Waals surface area contributed by atoms with Crippen LogP contribution in [0.1, 0.15) is 5.56 Å².